The zero-order valence-corrected chi connectivity index (χ0v) is 16.6. The molecule has 6 heteroatoms. The van der Waals surface area contributed by atoms with Crippen molar-refractivity contribution in [1.82, 2.24) is 5.32 Å². The molecule has 0 aliphatic carbocycles. The molecule has 0 saturated heterocycles. The summed E-state index contributed by atoms with van der Waals surface area (Å²) in [5, 5.41) is 11.4. The van der Waals surface area contributed by atoms with E-state index in [0.29, 0.717) is 29.5 Å². The van der Waals surface area contributed by atoms with Gasteiger partial charge >= 0.3 is 5.97 Å². The minimum Gasteiger partial charge on any atom is -0.493 e. The molecule has 0 aliphatic heterocycles. The van der Waals surface area contributed by atoms with Gasteiger partial charge < -0.3 is 15.2 Å². The van der Waals surface area contributed by atoms with Gasteiger partial charge in [0.25, 0.3) is 5.91 Å². The first-order chi connectivity index (χ1) is 12.9. The Bertz CT molecular complexity index is 791. The summed E-state index contributed by atoms with van der Waals surface area (Å²) >= 11 is 1.16. The Labute approximate surface area is 164 Å². The number of hydrogen-bond donors (Lipinski definition) is 2. The third kappa shape index (κ3) is 6.64. The molecular formula is C21H25NO4S. The molecule has 0 saturated carbocycles. The van der Waals surface area contributed by atoms with Crippen LogP contribution < -0.4 is 10.1 Å². The van der Waals surface area contributed by atoms with Crippen molar-refractivity contribution in [2.24, 2.45) is 5.92 Å². The average Bonchev–Trinajstić information content (AvgIpc) is 2.65. The van der Waals surface area contributed by atoms with Gasteiger partial charge in [0.15, 0.2) is 0 Å². The van der Waals surface area contributed by atoms with Crippen molar-refractivity contribution in [3.05, 3.63) is 59.7 Å². The molecular weight excluding hydrogens is 362 g/mol. The van der Waals surface area contributed by atoms with Crippen LogP contribution in [0, 0.1) is 5.92 Å². The first kappa shape index (κ1) is 20.8. The molecule has 0 fully saturated rings. The molecule has 0 aromatic heterocycles. The van der Waals surface area contributed by atoms with Crippen molar-refractivity contribution >= 4 is 23.6 Å². The van der Waals surface area contributed by atoms with Gasteiger partial charge in [-0.25, -0.2) is 0 Å². The molecule has 0 heterocycles. The van der Waals surface area contributed by atoms with Crippen LogP contribution in [-0.2, 0) is 11.3 Å². The number of carbonyl (C=O) groups is 2. The Kier molecular flexibility index (Phi) is 7.73. The Hall–Kier alpha value is -2.47. The Morgan fingerprint density at radius 3 is 2.56 bits per heavy atom. The van der Waals surface area contributed by atoms with Crippen molar-refractivity contribution < 1.29 is 19.4 Å². The highest BCUT2D eigenvalue weighted by atomic mass is 32.2. The van der Waals surface area contributed by atoms with E-state index in [1.807, 2.05) is 24.3 Å². The van der Waals surface area contributed by atoms with E-state index in [-0.39, 0.29) is 5.91 Å². The molecule has 2 aromatic rings. The number of rotatable bonds is 9. The van der Waals surface area contributed by atoms with Crippen LogP contribution in [0.15, 0.2) is 53.4 Å². The fourth-order valence-corrected chi connectivity index (χ4v) is 3.21. The number of amides is 1. The molecule has 0 radical (unpaired) electrons. The molecule has 2 aromatic carbocycles. The zero-order valence-electron chi connectivity index (χ0n) is 15.8. The molecule has 5 nitrogen and oxygen atoms in total. The summed E-state index contributed by atoms with van der Waals surface area (Å²) in [7, 11) is 0. The normalized spacial score (nSPS) is 11.9. The molecule has 1 unspecified atom stereocenters. The predicted molar refractivity (Wildman–Crippen MR) is 107 cm³/mol. The van der Waals surface area contributed by atoms with E-state index >= 15 is 0 Å². The SMILES string of the molecule is CC(C)COc1cccc(CNC(=O)c2ccccc2SC(C)C(=O)O)c1. The van der Waals surface area contributed by atoms with E-state index < -0.39 is 11.2 Å². The third-order valence-electron chi connectivity index (χ3n) is 3.72. The molecule has 2 N–H and O–H groups in total. The first-order valence-electron chi connectivity index (χ1n) is 8.85. The van der Waals surface area contributed by atoms with Gasteiger partial charge in [-0.3, -0.25) is 9.59 Å². The van der Waals surface area contributed by atoms with E-state index in [0.717, 1.165) is 23.1 Å². The summed E-state index contributed by atoms with van der Waals surface area (Å²) in [6.07, 6.45) is 0. The predicted octanol–water partition coefficient (Wildman–Crippen LogP) is 4.22. The average molecular weight is 388 g/mol. The van der Waals surface area contributed by atoms with Crippen LogP contribution in [0.2, 0.25) is 0 Å². The molecule has 0 spiro atoms. The molecule has 0 aliphatic rings. The van der Waals surface area contributed by atoms with Crippen LogP contribution in [-0.4, -0.2) is 28.8 Å². The lowest BCUT2D eigenvalue weighted by atomic mass is 10.2. The van der Waals surface area contributed by atoms with E-state index in [1.54, 1.807) is 31.2 Å². The Morgan fingerprint density at radius 1 is 1.11 bits per heavy atom. The van der Waals surface area contributed by atoms with Crippen LogP contribution in [0.25, 0.3) is 0 Å². The number of hydrogen-bond acceptors (Lipinski definition) is 4. The van der Waals surface area contributed by atoms with Crippen molar-refractivity contribution in [3.63, 3.8) is 0 Å². The summed E-state index contributed by atoms with van der Waals surface area (Å²) in [4.78, 5) is 24.3. The number of aliphatic carboxylic acids is 1. The van der Waals surface area contributed by atoms with Gasteiger partial charge in [-0.05, 0) is 42.7 Å². The largest absolute Gasteiger partial charge is 0.493 e. The van der Waals surface area contributed by atoms with Crippen LogP contribution >= 0.6 is 11.8 Å². The summed E-state index contributed by atoms with van der Waals surface area (Å²) in [5.74, 6) is 0.0786. The minimum absolute atomic E-state index is 0.232. The quantitative estimate of drug-likeness (QED) is 0.630. The van der Waals surface area contributed by atoms with Gasteiger partial charge in [0, 0.05) is 11.4 Å². The lowest BCUT2D eigenvalue weighted by Crippen LogP contribution is -2.24. The molecule has 0 bridgehead atoms. The van der Waals surface area contributed by atoms with Crippen LogP contribution in [0.1, 0.15) is 36.7 Å². The van der Waals surface area contributed by atoms with Gasteiger partial charge in [-0.15, -0.1) is 11.8 Å². The van der Waals surface area contributed by atoms with Crippen molar-refractivity contribution in [2.75, 3.05) is 6.61 Å². The van der Waals surface area contributed by atoms with Crippen LogP contribution in [0.3, 0.4) is 0 Å². The van der Waals surface area contributed by atoms with Crippen LogP contribution in [0.5, 0.6) is 5.75 Å². The summed E-state index contributed by atoms with van der Waals surface area (Å²) in [6.45, 7) is 6.78. The van der Waals surface area contributed by atoms with E-state index in [2.05, 4.69) is 19.2 Å². The maximum absolute atomic E-state index is 12.6. The number of benzene rings is 2. The summed E-state index contributed by atoms with van der Waals surface area (Å²) in [6, 6.07) is 14.7. The monoisotopic (exact) mass is 387 g/mol. The van der Waals surface area contributed by atoms with Crippen molar-refractivity contribution in [3.8, 4) is 5.75 Å². The fourth-order valence-electron chi connectivity index (χ4n) is 2.28. The maximum atomic E-state index is 12.6. The van der Waals surface area contributed by atoms with Crippen LogP contribution in [0.4, 0.5) is 0 Å². The molecule has 2 rings (SSSR count). The molecule has 27 heavy (non-hydrogen) atoms. The van der Waals surface area contributed by atoms with Gasteiger partial charge in [-0.2, -0.15) is 0 Å². The van der Waals surface area contributed by atoms with Gasteiger partial charge in [0.2, 0.25) is 0 Å². The molecule has 144 valence electrons. The summed E-state index contributed by atoms with van der Waals surface area (Å²) in [5.41, 5.74) is 1.41. The minimum atomic E-state index is -0.909. The third-order valence-corrected chi connectivity index (χ3v) is 4.88. The highest BCUT2D eigenvalue weighted by Crippen LogP contribution is 2.27. The first-order valence-corrected chi connectivity index (χ1v) is 9.73. The topological polar surface area (TPSA) is 75.6 Å². The van der Waals surface area contributed by atoms with Gasteiger partial charge in [0.05, 0.1) is 12.2 Å². The Balaban J connectivity index is 2.02. The Morgan fingerprint density at radius 2 is 1.85 bits per heavy atom. The highest BCUT2D eigenvalue weighted by Gasteiger charge is 2.17. The van der Waals surface area contributed by atoms with Gasteiger partial charge in [-0.1, -0.05) is 38.1 Å². The lowest BCUT2D eigenvalue weighted by Gasteiger charge is -2.13. The second kappa shape index (κ2) is 10.0. The standard InChI is InChI=1S/C21H25NO4S/c1-14(2)13-26-17-8-6-7-16(11-17)12-22-20(23)18-9-4-5-10-19(18)27-15(3)21(24)25/h4-11,14-15H,12-13H2,1-3H3,(H,22,23)(H,24,25). The molecule has 1 amide bonds. The smallest absolute Gasteiger partial charge is 0.316 e. The van der Waals surface area contributed by atoms with Crippen molar-refractivity contribution in [2.45, 2.75) is 37.5 Å². The maximum Gasteiger partial charge on any atom is 0.316 e. The second-order valence-electron chi connectivity index (χ2n) is 6.63. The van der Waals surface area contributed by atoms with E-state index in [4.69, 9.17) is 9.84 Å². The lowest BCUT2D eigenvalue weighted by molar-refractivity contribution is -0.136. The van der Waals surface area contributed by atoms with Crippen molar-refractivity contribution in [1.29, 1.82) is 0 Å². The van der Waals surface area contributed by atoms with Gasteiger partial charge in [0.1, 0.15) is 11.0 Å². The fraction of sp³-hybridized carbons (Fsp3) is 0.333. The molecule has 1 atom stereocenters. The summed E-state index contributed by atoms with van der Waals surface area (Å²) < 4.78 is 5.71. The van der Waals surface area contributed by atoms with E-state index in [1.165, 1.54) is 0 Å². The number of carboxylic acid groups (broad SMARTS) is 1. The second-order valence-corrected chi connectivity index (χ2v) is 8.01. The number of carbonyl (C=O) groups excluding carboxylic acids is 1. The zero-order chi connectivity index (χ0) is 19.8. The highest BCUT2D eigenvalue weighted by molar-refractivity contribution is 8.00. The number of carboxylic acids is 1. The number of thioether (sulfide) groups is 1. The number of nitrogens with one attached hydrogen (secondary N) is 1. The number of ether oxygens (including phenoxy) is 1. The van der Waals surface area contributed by atoms with E-state index in [9.17, 15) is 9.59 Å².